The average molecular weight is 543 g/mol. The Bertz CT molecular complexity index is 1570. The lowest BCUT2D eigenvalue weighted by molar-refractivity contribution is -0.134. The van der Waals surface area contributed by atoms with E-state index >= 15 is 0 Å². The van der Waals surface area contributed by atoms with Crippen molar-refractivity contribution in [1.82, 2.24) is 9.78 Å². The van der Waals surface area contributed by atoms with Gasteiger partial charge in [0.25, 0.3) is 0 Å². The average Bonchev–Trinajstić information content (AvgIpc) is 3.36. The molecule has 0 radical (unpaired) electrons. The summed E-state index contributed by atoms with van der Waals surface area (Å²) in [6.45, 7) is -1.04. The number of methoxy groups -OCH3 is 1. The zero-order valence-electron chi connectivity index (χ0n) is 23.1. The molecule has 0 N–H and O–H groups in total. The predicted octanol–water partition coefficient (Wildman–Crippen LogP) is 7.19. The van der Waals surface area contributed by atoms with Crippen LogP contribution in [0.15, 0.2) is 72.9 Å². The number of carbonyl (C=O) groups excluding carboxylic acids is 2. The molecule has 1 heterocycles. The van der Waals surface area contributed by atoms with Gasteiger partial charge in [0.2, 0.25) is 5.91 Å². The van der Waals surface area contributed by atoms with Gasteiger partial charge in [-0.3, -0.25) is 9.48 Å². The number of hydrogen-bond acceptors (Lipinski definition) is 4. The molecule has 200 valence electrons. The lowest BCUT2D eigenvalue weighted by Gasteiger charge is -2.30. The summed E-state index contributed by atoms with van der Waals surface area (Å²) in [5, 5.41) is 5.77. The van der Waals surface area contributed by atoms with Crippen LogP contribution in [0.5, 0.6) is 0 Å². The summed E-state index contributed by atoms with van der Waals surface area (Å²) >= 11 is 6.81. The van der Waals surface area contributed by atoms with Crippen LogP contribution in [0.1, 0.15) is 44.6 Å². The van der Waals surface area contributed by atoms with Gasteiger partial charge in [-0.2, -0.15) is 5.10 Å². The van der Waals surface area contributed by atoms with E-state index in [1.807, 2.05) is 72.5 Å². The molecular formula is C32H32ClN3O3. The first kappa shape index (κ1) is 25.4. The van der Waals surface area contributed by atoms with E-state index in [1.54, 1.807) is 11.0 Å². The van der Waals surface area contributed by atoms with Crippen LogP contribution in [0, 0.1) is 5.92 Å². The minimum atomic E-state index is -1.04. The van der Waals surface area contributed by atoms with Crippen molar-refractivity contribution in [1.29, 1.82) is 0 Å². The number of fused-ring (bicyclic) bond motifs is 1. The maximum absolute atomic E-state index is 13.9. The summed E-state index contributed by atoms with van der Waals surface area (Å²) < 4.78 is 15.8. The van der Waals surface area contributed by atoms with Crippen LogP contribution in [0.4, 0.5) is 5.69 Å². The van der Waals surface area contributed by atoms with Crippen molar-refractivity contribution >= 4 is 46.1 Å². The molecule has 4 aromatic rings. The van der Waals surface area contributed by atoms with Gasteiger partial charge < -0.3 is 9.64 Å². The molecule has 0 bridgehead atoms. The maximum atomic E-state index is 13.9. The Balaban J connectivity index is 1.49. The van der Waals surface area contributed by atoms with Crippen LogP contribution in [0.25, 0.3) is 28.1 Å². The van der Waals surface area contributed by atoms with Crippen molar-refractivity contribution in [3.05, 3.63) is 89.1 Å². The second-order valence-corrected chi connectivity index (χ2v) is 10.3. The third kappa shape index (κ3) is 6.07. The Hall–Kier alpha value is -3.90. The van der Waals surface area contributed by atoms with Gasteiger partial charge >= 0.3 is 5.97 Å². The first-order valence-corrected chi connectivity index (χ1v) is 13.6. The molecule has 0 spiro atoms. The molecule has 3 aromatic carbocycles. The fourth-order valence-corrected chi connectivity index (χ4v) is 5.35. The largest absolute Gasteiger partial charge is 0.466 e. The molecule has 1 fully saturated rings. The summed E-state index contributed by atoms with van der Waals surface area (Å²) in [5.41, 5.74) is 4.82. The van der Waals surface area contributed by atoms with Crippen molar-refractivity contribution in [2.75, 3.05) is 12.0 Å². The van der Waals surface area contributed by atoms with Gasteiger partial charge in [0, 0.05) is 35.1 Å². The van der Waals surface area contributed by atoms with Crippen LogP contribution >= 0.6 is 11.6 Å². The first-order valence-electron chi connectivity index (χ1n) is 13.8. The van der Waals surface area contributed by atoms with E-state index < -0.39 is 12.5 Å². The molecule has 7 heteroatoms. The Labute approximate surface area is 235 Å². The number of hydrogen-bond donors (Lipinski definition) is 0. The molecule has 1 atom stereocenters. The second kappa shape index (κ2) is 11.9. The number of aryl methyl sites for hydroxylation is 1. The molecule has 1 aliphatic carbocycles. The molecule has 1 unspecified atom stereocenters. The standard InChI is InChI=1S/C32H32ClN3O3/c1-35-30-15-14-24(18-27(30)20-34-35)25-12-13-26(29(33)19-25)21-36(32(38)23-8-4-3-5-9-23)28-10-6-7-22(17-28)11-16-31(37)39-2/h6-7,10-20,23H,3-5,8-9,21H2,1-2H3/b16-11+/i21D. The van der Waals surface area contributed by atoms with E-state index in [9.17, 15) is 11.0 Å². The lowest BCUT2D eigenvalue weighted by atomic mass is 9.88. The minimum absolute atomic E-state index is 0.0732. The summed E-state index contributed by atoms with van der Waals surface area (Å²) in [4.78, 5) is 27.1. The number of amides is 1. The van der Waals surface area contributed by atoms with Crippen LogP contribution in [-0.2, 0) is 27.9 Å². The minimum Gasteiger partial charge on any atom is -0.466 e. The Morgan fingerprint density at radius 1 is 1.10 bits per heavy atom. The third-order valence-corrected chi connectivity index (χ3v) is 7.63. The number of nitrogens with zero attached hydrogens (tertiary/aromatic N) is 3. The maximum Gasteiger partial charge on any atom is 0.330 e. The number of anilines is 1. The number of benzene rings is 3. The Kier molecular flexibility index (Phi) is 7.73. The van der Waals surface area contributed by atoms with Gasteiger partial charge in [0.15, 0.2) is 0 Å². The van der Waals surface area contributed by atoms with E-state index in [2.05, 4.69) is 11.2 Å². The summed E-state index contributed by atoms with van der Waals surface area (Å²) in [5.74, 6) is -0.676. The molecule has 1 aliphatic rings. The van der Waals surface area contributed by atoms with Crippen molar-refractivity contribution in [2.45, 2.75) is 38.6 Å². The Morgan fingerprint density at radius 3 is 2.64 bits per heavy atom. The quantitative estimate of drug-likeness (QED) is 0.183. The van der Waals surface area contributed by atoms with E-state index in [0.717, 1.165) is 59.7 Å². The van der Waals surface area contributed by atoms with Crippen molar-refractivity contribution in [3.63, 3.8) is 0 Å². The van der Waals surface area contributed by atoms with Crippen LogP contribution < -0.4 is 4.90 Å². The summed E-state index contributed by atoms with van der Waals surface area (Å²) in [6, 6.07) is 19.1. The van der Waals surface area contributed by atoms with Gasteiger partial charge in [-0.1, -0.05) is 61.2 Å². The zero-order valence-corrected chi connectivity index (χ0v) is 22.9. The fraction of sp³-hybridized carbons (Fsp3) is 0.281. The van der Waals surface area contributed by atoms with Gasteiger partial charge in [-0.15, -0.1) is 0 Å². The molecule has 0 aliphatic heterocycles. The highest BCUT2D eigenvalue weighted by Crippen LogP contribution is 2.32. The van der Waals surface area contributed by atoms with Crippen LogP contribution in [0.2, 0.25) is 5.02 Å². The van der Waals surface area contributed by atoms with Crippen molar-refractivity contribution in [2.24, 2.45) is 13.0 Å². The number of halogens is 1. The molecule has 1 amide bonds. The van der Waals surface area contributed by atoms with E-state index in [0.29, 0.717) is 16.3 Å². The van der Waals surface area contributed by atoms with Gasteiger partial charge in [0.05, 0.1) is 26.7 Å². The topological polar surface area (TPSA) is 64.4 Å². The number of aromatic nitrogens is 2. The van der Waals surface area contributed by atoms with Crippen LogP contribution in [-0.4, -0.2) is 28.8 Å². The first-order chi connectivity index (χ1) is 19.4. The molecule has 6 nitrogen and oxygen atoms in total. The molecule has 39 heavy (non-hydrogen) atoms. The number of carbonyl (C=O) groups is 2. The highest BCUT2D eigenvalue weighted by molar-refractivity contribution is 6.31. The number of esters is 1. The van der Waals surface area contributed by atoms with Crippen molar-refractivity contribution in [3.8, 4) is 11.1 Å². The number of ether oxygens (including phenoxy) is 1. The smallest absolute Gasteiger partial charge is 0.330 e. The van der Waals surface area contributed by atoms with Gasteiger partial charge in [-0.25, -0.2) is 4.79 Å². The third-order valence-electron chi connectivity index (χ3n) is 7.30. The SMILES string of the molecule is [2H]C(c1ccc(-c2ccc3c(cnn3C)c2)cc1Cl)N(C(=O)C1CCCCC1)c1cccc(/C=C/C(=O)OC)c1. The molecule has 1 saturated carbocycles. The molecule has 1 aromatic heterocycles. The highest BCUT2D eigenvalue weighted by atomic mass is 35.5. The normalized spacial score (nSPS) is 15.3. The number of rotatable bonds is 7. The van der Waals surface area contributed by atoms with E-state index in [4.69, 9.17) is 16.3 Å². The molecule has 0 saturated heterocycles. The summed E-state index contributed by atoms with van der Waals surface area (Å²) in [7, 11) is 3.23. The fourth-order valence-electron chi connectivity index (χ4n) is 5.12. The Morgan fingerprint density at radius 2 is 1.87 bits per heavy atom. The van der Waals surface area contributed by atoms with E-state index in [-0.39, 0.29) is 11.8 Å². The highest BCUT2D eigenvalue weighted by Gasteiger charge is 2.27. The van der Waals surface area contributed by atoms with Gasteiger partial charge in [0.1, 0.15) is 0 Å². The summed E-state index contributed by atoms with van der Waals surface area (Å²) in [6.07, 6.45) is 9.57. The predicted molar refractivity (Wildman–Crippen MR) is 156 cm³/mol. The lowest BCUT2D eigenvalue weighted by Crippen LogP contribution is -2.36. The molecular weight excluding hydrogens is 510 g/mol. The van der Waals surface area contributed by atoms with Crippen LogP contribution in [0.3, 0.4) is 0 Å². The van der Waals surface area contributed by atoms with Gasteiger partial charge in [-0.05, 0) is 71.5 Å². The monoisotopic (exact) mass is 542 g/mol. The second-order valence-electron chi connectivity index (χ2n) is 9.90. The van der Waals surface area contributed by atoms with E-state index in [1.165, 1.54) is 13.2 Å². The van der Waals surface area contributed by atoms with Crippen molar-refractivity contribution < 1.29 is 15.7 Å². The molecule has 5 rings (SSSR count). The zero-order chi connectivity index (χ0) is 28.2.